The summed E-state index contributed by atoms with van der Waals surface area (Å²) in [6.07, 6.45) is 5.98. The van der Waals surface area contributed by atoms with Crippen molar-refractivity contribution in [3.63, 3.8) is 0 Å². The number of thioether (sulfide) groups is 1. The second-order valence-corrected chi connectivity index (χ2v) is 6.32. The summed E-state index contributed by atoms with van der Waals surface area (Å²) in [7, 11) is 0. The zero-order chi connectivity index (χ0) is 10.5. The van der Waals surface area contributed by atoms with Gasteiger partial charge in [-0.15, -0.1) is 11.3 Å². The van der Waals surface area contributed by atoms with E-state index in [2.05, 4.69) is 17.2 Å². The van der Waals surface area contributed by atoms with E-state index in [9.17, 15) is 0 Å². The van der Waals surface area contributed by atoms with Gasteiger partial charge in [0.15, 0.2) is 0 Å². The Morgan fingerprint density at radius 1 is 1.67 bits per heavy atom. The van der Waals surface area contributed by atoms with Gasteiger partial charge in [0.1, 0.15) is 4.34 Å². The van der Waals surface area contributed by atoms with Gasteiger partial charge in [-0.2, -0.15) is 0 Å². The minimum absolute atomic E-state index is 0.731. The standard InChI is InChI=1S/C11H18N2S2/c1-9(10-3-4-10)12-5-2-7-14-11-13-6-8-15-11/h6,8-10,12H,2-5,7H2,1H3. The molecule has 1 aromatic heterocycles. The van der Waals surface area contributed by atoms with Crippen LogP contribution in [-0.4, -0.2) is 23.3 Å². The van der Waals surface area contributed by atoms with E-state index in [0.717, 1.165) is 18.5 Å². The lowest BCUT2D eigenvalue weighted by Gasteiger charge is -2.11. The van der Waals surface area contributed by atoms with E-state index in [4.69, 9.17) is 0 Å². The Morgan fingerprint density at radius 3 is 3.20 bits per heavy atom. The van der Waals surface area contributed by atoms with Crippen molar-refractivity contribution in [1.29, 1.82) is 0 Å². The molecule has 1 heterocycles. The topological polar surface area (TPSA) is 24.9 Å². The van der Waals surface area contributed by atoms with Crippen LogP contribution in [0, 0.1) is 5.92 Å². The van der Waals surface area contributed by atoms with Gasteiger partial charge in [-0.3, -0.25) is 0 Å². The minimum Gasteiger partial charge on any atom is -0.314 e. The zero-order valence-corrected chi connectivity index (χ0v) is 10.7. The van der Waals surface area contributed by atoms with Gasteiger partial charge in [-0.25, -0.2) is 4.98 Å². The van der Waals surface area contributed by atoms with Crippen LogP contribution in [0.3, 0.4) is 0 Å². The van der Waals surface area contributed by atoms with Crippen molar-refractivity contribution in [3.8, 4) is 0 Å². The van der Waals surface area contributed by atoms with Crippen LogP contribution in [0.5, 0.6) is 0 Å². The lowest BCUT2D eigenvalue weighted by Crippen LogP contribution is -2.28. The van der Waals surface area contributed by atoms with E-state index < -0.39 is 0 Å². The highest BCUT2D eigenvalue weighted by Gasteiger charge is 2.26. The van der Waals surface area contributed by atoms with Gasteiger partial charge < -0.3 is 5.32 Å². The molecule has 0 amide bonds. The van der Waals surface area contributed by atoms with Crippen LogP contribution in [0.4, 0.5) is 0 Å². The first kappa shape index (κ1) is 11.4. The molecule has 4 heteroatoms. The fraction of sp³-hybridized carbons (Fsp3) is 0.727. The molecule has 1 aromatic rings. The third-order valence-corrected chi connectivity index (χ3v) is 4.80. The SMILES string of the molecule is CC(NCCCSc1nccs1)C1CC1. The fourth-order valence-electron chi connectivity index (χ4n) is 1.61. The average molecular weight is 242 g/mol. The molecule has 0 radical (unpaired) electrons. The number of nitrogens with one attached hydrogen (secondary N) is 1. The summed E-state index contributed by atoms with van der Waals surface area (Å²) in [4.78, 5) is 4.25. The smallest absolute Gasteiger partial charge is 0.149 e. The number of thiazole rings is 1. The maximum Gasteiger partial charge on any atom is 0.149 e. The molecule has 1 saturated carbocycles. The monoisotopic (exact) mass is 242 g/mol. The predicted octanol–water partition coefficient (Wildman–Crippen LogP) is 3.01. The lowest BCUT2D eigenvalue weighted by atomic mass is 10.2. The van der Waals surface area contributed by atoms with E-state index in [1.165, 1.54) is 29.4 Å². The molecule has 84 valence electrons. The summed E-state index contributed by atoms with van der Waals surface area (Å²) in [5, 5.41) is 5.63. The number of rotatable bonds is 7. The number of hydrogen-bond acceptors (Lipinski definition) is 4. The van der Waals surface area contributed by atoms with Crippen LogP contribution in [0.1, 0.15) is 26.2 Å². The molecule has 2 rings (SSSR count). The van der Waals surface area contributed by atoms with Gasteiger partial charge in [0.05, 0.1) is 0 Å². The molecule has 2 nitrogen and oxygen atoms in total. The third-order valence-electron chi connectivity index (χ3n) is 2.75. The average Bonchev–Trinajstić information content (AvgIpc) is 2.97. The fourth-order valence-corrected chi connectivity index (χ4v) is 3.25. The van der Waals surface area contributed by atoms with E-state index in [-0.39, 0.29) is 0 Å². The molecule has 1 aliphatic carbocycles. The first-order valence-corrected chi connectivity index (χ1v) is 7.48. The number of nitrogens with zero attached hydrogens (tertiary/aromatic N) is 1. The highest BCUT2D eigenvalue weighted by Crippen LogP contribution is 2.32. The van der Waals surface area contributed by atoms with Gasteiger partial charge in [-0.1, -0.05) is 11.8 Å². The Labute approximate surface area is 99.9 Å². The quantitative estimate of drug-likeness (QED) is 0.588. The first-order valence-electron chi connectivity index (χ1n) is 5.62. The van der Waals surface area contributed by atoms with Crippen molar-refractivity contribution >= 4 is 23.1 Å². The summed E-state index contributed by atoms with van der Waals surface area (Å²) < 4.78 is 1.20. The summed E-state index contributed by atoms with van der Waals surface area (Å²) in [5.74, 6) is 2.15. The highest BCUT2D eigenvalue weighted by molar-refractivity contribution is 8.00. The molecule has 0 spiro atoms. The predicted molar refractivity (Wildman–Crippen MR) is 67.6 cm³/mol. The lowest BCUT2D eigenvalue weighted by molar-refractivity contribution is 0.497. The van der Waals surface area contributed by atoms with Gasteiger partial charge in [-0.05, 0) is 38.6 Å². The Balaban J connectivity index is 1.48. The highest BCUT2D eigenvalue weighted by atomic mass is 32.2. The van der Waals surface area contributed by atoms with Crippen LogP contribution < -0.4 is 5.32 Å². The molecule has 1 aliphatic rings. The molecule has 0 bridgehead atoms. The third kappa shape index (κ3) is 4.13. The number of aromatic nitrogens is 1. The molecule has 0 aromatic carbocycles. The second-order valence-electron chi connectivity index (χ2n) is 4.08. The minimum atomic E-state index is 0.731. The molecule has 0 saturated heterocycles. The van der Waals surface area contributed by atoms with Crippen LogP contribution >= 0.6 is 23.1 Å². The van der Waals surface area contributed by atoms with Crippen molar-refractivity contribution in [2.45, 2.75) is 36.6 Å². The largest absolute Gasteiger partial charge is 0.314 e. The molecule has 0 aliphatic heterocycles. The van der Waals surface area contributed by atoms with E-state index in [1.54, 1.807) is 11.3 Å². The Morgan fingerprint density at radius 2 is 2.53 bits per heavy atom. The first-order chi connectivity index (χ1) is 7.36. The zero-order valence-electron chi connectivity index (χ0n) is 9.11. The van der Waals surface area contributed by atoms with Crippen molar-refractivity contribution in [3.05, 3.63) is 11.6 Å². The number of hydrogen-bond donors (Lipinski definition) is 1. The summed E-state index contributed by atoms with van der Waals surface area (Å²) in [6.45, 7) is 3.46. The molecule has 1 unspecified atom stereocenters. The van der Waals surface area contributed by atoms with Crippen molar-refractivity contribution < 1.29 is 0 Å². The Kier molecular flexibility index (Phi) is 4.47. The molecular formula is C11H18N2S2. The maximum atomic E-state index is 4.25. The van der Waals surface area contributed by atoms with Crippen LogP contribution in [0.15, 0.2) is 15.9 Å². The van der Waals surface area contributed by atoms with E-state index in [1.807, 2.05) is 23.3 Å². The molecule has 15 heavy (non-hydrogen) atoms. The molecule has 1 N–H and O–H groups in total. The van der Waals surface area contributed by atoms with Crippen LogP contribution in [-0.2, 0) is 0 Å². The van der Waals surface area contributed by atoms with E-state index in [0.29, 0.717) is 0 Å². The van der Waals surface area contributed by atoms with E-state index >= 15 is 0 Å². The maximum absolute atomic E-state index is 4.25. The molecule has 1 atom stereocenters. The van der Waals surface area contributed by atoms with Crippen LogP contribution in [0.2, 0.25) is 0 Å². The van der Waals surface area contributed by atoms with Gasteiger partial charge in [0.2, 0.25) is 0 Å². The summed E-state index contributed by atoms with van der Waals surface area (Å²) >= 11 is 3.60. The molecule has 1 fully saturated rings. The van der Waals surface area contributed by atoms with Gasteiger partial charge in [0.25, 0.3) is 0 Å². The van der Waals surface area contributed by atoms with Crippen molar-refractivity contribution in [1.82, 2.24) is 10.3 Å². The summed E-state index contributed by atoms with van der Waals surface area (Å²) in [6, 6.07) is 0.731. The van der Waals surface area contributed by atoms with Crippen LogP contribution in [0.25, 0.3) is 0 Å². The normalized spacial score (nSPS) is 17.9. The summed E-state index contributed by atoms with van der Waals surface area (Å²) in [5.41, 5.74) is 0. The Bertz CT molecular complexity index is 270. The molecular weight excluding hydrogens is 224 g/mol. The van der Waals surface area contributed by atoms with Crippen molar-refractivity contribution in [2.24, 2.45) is 5.92 Å². The van der Waals surface area contributed by atoms with Crippen molar-refractivity contribution in [2.75, 3.05) is 12.3 Å². The van der Waals surface area contributed by atoms with Gasteiger partial charge >= 0.3 is 0 Å². The Hall–Kier alpha value is -0.0600. The second kappa shape index (κ2) is 5.87. The van der Waals surface area contributed by atoms with Gasteiger partial charge in [0, 0.05) is 23.4 Å².